The summed E-state index contributed by atoms with van der Waals surface area (Å²) in [5.74, 6) is 0.727. The minimum absolute atomic E-state index is 0.0754. The molecule has 3 rings (SSSR count). The molecule has 1 aliphatic rings. The van der Waals surface area contributed by atoms with Gasteiger partial charge in [0.2, 0.25) is 0 Å². The first-order valence-electron chi connectivity index (χ1n) is 6.89. The minimum atomic E-state index is -0.0754. The second-order valence-electron chi connectivity index (χ2n) is 4.69. The first kappa shape index (κ1) is 13.6. The molecule has 0 spiro atoms. The number of ether oxygens (including phenoxy) is 1. The van der Waals surface area contributed by atoms with Gasteiger partial charge in [0.25, 0.3) is 0 Å². The van der Waals surface area contributed by atoms with Gasteiger partial charge in [-0.2, -0.15) is 5.10 Å². The molecule has 3 heterocycles. The molecule has 0 radical (unpaired) electrons. The zero-order valence-electron chi connectivity index (χ0n) is 11.6. The summed E-state index contributed by atoms with van der Waals surface area (Å²) < 4.78 is 6.93. The maximum Gasteiger partial charge on any atom is 0.317 e. The zero-order valence-corrected chi connectivity index (χ0v) is 11.6. The average Bonchev–Trinajstić information content (AvgIpc) is 3.08. The number of urea groups is 1. The van der Waals surface area contributed by atoms with Crippen LogP contribution in [0, 0.1) is 0 Å². The van der Waals surface area contributed by atoms with E-state index in [4.69, 9.17) is 4.74 Å². The zero-order chi connectivity index (χ0) is 14.5. The Morgan fingerprint density at radius 2 is 2.14 bits per heavy atom. The SMILES string of the molecule is O=C(NCc1cccnc1-n1cccn1)N1CCOCC1. The van der Waals surface area contributed by atoms with Crippen LogP contribution in [-0.4, -0.2) is 52.0 Å². The molecule has 0 saturated carbocycles. The molecule has 0 aromatic carbocycles. The van der Waals surface area contributed by atoms with E-state index in [-0.39, 0.29) is 6.03 Å². The number of hydrogen-bond acceptors (Lipinski definition) is 4. The molecule has 0 bridgehead atoms. The molecule has 7 heteroatoms. The Hall–Kier alpha value is -2.41. The fraction of sp³-hybridized carbons (Fsp3) is 0.357. The lowest BCUT2D eigenvalue weighted by Gasteiger charge is -2.27. The molecule has 0 atom stereocenters. The van der Waals surface area contributed by atoms with Gasteiger partial charge in [0, 0.05) is 43.8 Å². The van der Waals surface area contributed by atoms with Crippen molar-refractivity contribution in [3.63, 3.8) is 0 Å². The summed E-state index contributed by atoms with van der Waals surface area (Å²) in [6, 6.07) is 5.55. The maximum absolute atomic E-state index is 12.1. The standard InChI is InChI=1S/C14H17N5O2/c20-14(18-7-9-21-10-8-18)16-11-12-3-1-4-15-13(12)19-6-2-5-17-19/h1-6H,7-11H2,(H,16,20). The Morgan fingerprint density at radius 1 is 1.29 bits per heavy atom. The molecule has 2 amide bonds. The van der Waals surface area contributed by atoms with Crippen LogP contribution in [0.25, 0.3) is 5.82 Å². The molecular formula is C14H17N5O2. The number of carbonyl (C=O) groups excluding carboxylic acids is 1. The number of nitrogens with zero attached hydrogens (tertiary/aromatic N) is 4. The van der Waals surface area contributed by atoms with Gasteiger partial charge in [-0.25, -0.2) is 14.5 Å². The van der Waals surface area contributed by atoms with Crippen molar-refractivity contribution >= 4 is 6.03 Å². The van der Waals surface area contributed by atoms with E-state index in [1.165, 1.54) is 0 Å². The van der Waals surface area contributed by atoms with Crippen LogP contribution >= 0.6 is 0 Å². The first-order valence-corrected chi connectivity index (χ1v) is 6.89. The van der Waals surface area contributed by atoms with Gasteiger partial charge >= 0.3 is 6.03 Å². The van der Waals surface area contributed by atoms with Gasteiger partial charge in [-0.05, 0) is 12.1 Å². The molecular weight excluding hydrogens is 270 g/mol. The van der Waals surface area contributed by atoms with Gasteiger partial charge < -0.3 is 15.0 Å². The monoisotopic (exact) mass is 287 g/mol. The van der Waals surface area contributed by atoms with Crippen molar-refractivity contribution in [2.75, 3.05) is 26.3 Å². The Kier molecular flexibility index (Phi) is 4.11. The lowest BCUT2D eigenvalue weighted by Crippen LogP contribution is -2.46. The van der Waals surface area contributed by atoms with E-state index in [1.807, 2.05) is 24.4 Å². The highest BCUT2D eigenvalue weighted by molar-refractivity contribution is 5.74. The van der Waals surface area contributed by atoms with Crippen LogP contribution in [0.5, 0.6) is 0 Å². The molecule has 0 unspecified atom stereocenters. The molecule has 2 aromatic heterocycles. The van der Waals surface area contributed by atoms with Crippen molar-refractivity contribution in [3.8, 4) is 5.82 Å². The Bertz CT molecular complexity index is 593. The Morgan fingerprint density at radius 3 is 2.90 bits per heavy atom. The van der Waals surface area contributed by atoms with E-state index in [9.17, 15) is 4.79 Å². The fourth-order valence-corrected chi connectivity index (χ4v) is 2.22. The number of hydrogen-bond donors (Lipinski definition) is 1. The van der Waals surface area contributed by atoms with Crippen LogP contribution in [0.15, 0.2) is 36.8 Å². The van der Waals surface area contributed by atoms with Crippen LogP contribution in [0.4, 0.5) is 4.79 Å². The third-order valence-electron chi connectivity index (χ3n) is 3.32. The minimum Gasteiger partial charge on any atom is -0.378 e. The molecule has 110 valence electrons. The number of rotatable bonds is 3. The maximum atomic E-state index is 12.1. The number of nitrogens with one attached hydrogen (secondary N) is 1. The summed E-state index contributed by atoms with van der Waals surface area (Å²) >= 11 is 0. The van der Waals surface area contributed by atoms with Crippen LogP contribution in [0.3, 0.4) is 0 Å². The van der Waals surface area contributed by atoms with Crippen LogP contribution in [0.1, 0.15) is 5.56 Å². The van der Waals surface area contributed by atoms with Crippen molar-refractivity contribution in [1.29, 1.82) is 0 Å². The third kappa shape index (κ3) is 3.19. The normalized spacial score (nSPS) is 15.0. The number of pyridine rings is 1. The summed E-state index contributed by atoms with van der Waals surface area (Å²) in [6.07, 6.45) is 5.24. The summed E-state index contributed by atoms with van der Waals surface area (Å²) in [5, 5.41) is 7.10. The van der Waals surface area contributed by atoms with E-state index in [2.05, 4.69) is 15.4 Å². The summed E-state index contributed by atoms with van der Waals surface area (Å²) in [4.78, 5) is 18.2. The highest BCUT2D eigenvalue weighted by Gasteiger charge is 2.16. The van der Waals surface area contributed by atoms with Gasteiger partial charge in [0.15, 0.2) is 5.82 Å². The van der Waals surface area contributed by atoms with Crippen LogP contribution in [-0.2, 0) is 11.3 Å². The number of amides is 2. The molecule has 2 aromatic rings. The molecule has 0 aliphatic carbocycles. The van der Waals surface area contributed by atoms with Crippen molar-refractivity contribution in [2.45, 2.75) is 6.54 Å². The topological polar surface area (TPSA) is 72.3 Å². The van der Waals surface area contributed by atoms with E-state index in [0.29, 0.717) is 32.8 Å². The Labute approximate surface area is 122 Å². The lowest BCUT2D eigenvalue weighted by molar-refractivity contribution is 0.0531. The van der Waals surface area contributed by atoms with Gasteiger partial charge in [0.1, 0.15) is 0 Å². The van der Waals surface area contributed by atoms with Gasteiger partial charge in [-0.15, -0.1) is 0 Å². The smallest absolute Gasteiger partial charge is 0.317 e. The molecule has 21 heavy (non-hydrogen) atoms. The highest BCUT2D eigenvalue weighted by atomic mass is 16.5. The van der Waals surface area contributed by atoms with E-state index >= 15 is 0 Å². The van der Waals surface area contributed by atoms with E-state index in [1.54, 1.807) is 22.0 Å². The number of carbonyl (C=O) groups is 1. The highest BCUT2D eigenvalue weighted by Crippen LogP contribution is 2.10. The number of morpholine rings is 1. The van der Waals surface area contributed by atoms with Crippen molar-refractivity contribution < 1.29 is 9.53 Å². The lowest BCUT2D eigenvalue weighted by atomic mass is 10.2. The quantitative estimate of drug-likeness (QED) is 0.906. The van der Waals surface area contributed by atoms with Crippen LogP contribution < -0.4 is 5.32 Å². The van der Waals surface area contributed by atoms with Crippen LogP contribution in [0.2, 0.25) is 0 Å². The molecule has 1 fully saturated rings. The molecule has 1 saturated heterocycles. The predicted molar refractivity (Wildman–Crippen MR) is 76.0 cm³/mol. The van der Waals surface area contributed by atoms with E-state index in [0.717, 1.165) is 11.4 Å². The van der Waals surface area contributed by atoms with E-state index < -0.39 is 0 Å². The van der Waals surface area contributed by atoms with Gasteiger partial charge in [0.05, 0.1) is 13.2 Å². The second-order valence-corrected chi connectivity index (χ2v) is 4.69. The average molecular weight is 287 g/mol. The van der Waals surface area contributed by atoms with Gasteiger partial charge in [-0.1, -0.05) is 6.07 Å². The Balaban J connectivity index is 1.66. The second kappa shape index (κ2) is 6.36. The van der Waals surface area contributed by atoms with Crippen molar-refractivity contribution in [3.05, 3.63) is 42.4 Å². The van der Waals surface area contributed by atoms with Crippen molar-refractivity contribution in [2.24, 2.45) is 0 Å². The molecule has 1 N–H and O–H groups in total. The van der Waals surface area contributed by atoms with Gasteiger partial charge in [-0.3, -0.25) is 0 Å². The molecule has 1 aliphatic heterocycles. The molecule has 7 nitrogen and oxygen atoms in total. The number of aromatic nitrogens is 3. The summed E-state index contributed by atoms with van der Waals surface area (Å²) in [7, 11) is 0. The van der Waals surface area contributed by atoms with Crippen molar-refractivity contribution in [1.82, 2.24) is 25.0 Å². The fourth-order valence-electron chi connectivity index (χ4n) is 2.22. The summed E-state index contributed by atoms with van der Waals surface area (Å²) in [5.41, 5.74) is 0.919. The third-order valence-corrected chi connectivity index (χ3v) is 3.32. The first-order chi connectivity index (χ1) is 10.3. The predicted octanol–water partition coefficient (Wildman–Crippen LogP) is 0.809. The largest absolute Gasteiger partial charge is 0.378 e. The summed E-state index contributed by atoms with van der Waals surface area (Å²) in [6.45, 7) is 2.87.